The third-order valence-corrected chi connectivity index (χ3v) is 6.09. The molecule has 1 fully saturated rings. The van der Waals surface area contributed by atoms with Crippen molar-refractivity contribution in [2.24, 2.45) is 0 Å². The summed E-state index contributed by atoms with van der Waals surface area (Å²) in [6, 6.07) is 3.33. The SMILES string of the molecule is CCN(C(=O)c1cc(NCCCN(C)C)ccn1)C1CCS(=O)(=O)C1. The Balaban J connectivity index is 2.01. The molecule has 2 rings (SSSR count). The number of pyridine rings is 1. The number of hydrogen-bond donors (Lipinski definition) is 1. The van der Waals surface area contributed by atoms with Gasteiger partial charge in [0.25, 0.3) is 5.91 Å². The van der Waals surface area contributed by atoms with Crippen LogP contribution in [0, 0.1) is 0 Å². The van der Waals surface area contributed by atoms with Crippen LogP contribution in [0.3, 0.4) is 0 Å². The molecular weight excluding hydrogens is 340 g/mol. The van der Waals surface area contributed by atoms with E-state index >= 15 is 0 Å². The Kier molecular flexibility index (Phi) is 6.78. The van der Waals surface area contributed by atoms with Gasteiger partial charge in [-0.2, -0.15) is 0 Å². The molecule has 7 nitrogen and oxygen atoms in total. The van der Waals surface area contributed by atoms with Gasteiger partial charge in [-0.1, -0.05) is 0 Å². The maximum atomic E-state index is 12.8. The second-order valence-electron chi connectivity index (χ2n) is 6.66. The largest absolute Gasteiger partial charge is 0.385 e. The van der Waals surface area contributed by atoms with Gasteiger partial charge in [0, 0.05) is 31.0 Å². The van der Waals surface area contributed by atoms with Gasteiger partial charge in [-0.3, -0.25) is 9.78 Å². The molecule has 1 aromatic heterocycles. The standard InChI is InChI=1S/C17H28N4O3S/c1-4-21(15-7-11-25(23,24)13-15)17(22)16-12-14(6-9-19-16)18-8-5-10-20(2)3/h6,9,12,15H,4-5,7-8,10-11,13H2,1-3H3,(H,18,19). The van der Waals surface area contributed by atoms with Crippen LogP contribution in [-0.4, -0.2) is 80.4 Å². The summed E-state index contributed by atoms with van der Waals surface area (Å²) >= 11 is 0. The van der Waals surface area contributed by atoms with Crippen molar-refractivity contribution in [3.8, 4) is 0 Å². The van der Waals surface area contributed by atoms with Gasteiger partial charge in [0.15, 0.2) is 9.84 Å². The first-order valence-electron chi connectivity index (χ1n) is 8.68. The molecule has 8 heteroatoms. The second-order valence-corrected chi connectivity index (χ2v) is 8.89. The zero-order valence-corrected chi connectivity index (χ0v) is 16.1. The van der Waals surface area contributed by atoms with E-state index in [2.05, 4.69) is 15.2 Å². The zero-order valence-electron chi connectivity index (χ0n) is 15.2. The average molecular weight is 369 g/mol. The van der Waals surface area contributed by atoms with Crippen molar-refractivity contribution >= 4 is 21.4 Å². The van der Waals surface area contributed by atoms with Crippen molar-refractivity contribution in [3.05, 3.63) is 24.0 Å². The Morgan fingerprint density at radius 1 is 1.40 bits per heavy atom. The Morgan fingerprint density at radius 3 is 2.76 bits per heavy atom. The predicted molar refractivity (Wildman–Crippen MR) is 99.7 cm³/mol. The summed E-state index contributed by atoms with van der Waals surface area (Å²) in [6.07, 6.45) is 3.12. The Bertz CT molecular complexity index is 691. The highest BCUT2D eigenvalue weighted by Gasteiger charge is 2.34. The van der Waals surface area contributed by atoms with E-state index in [1.165, 1.54) is 0 Å². The van der Waals surface area contributed by atoms with Crippen LogP contribution in [0.1, 0.15) is 30.3 Å². The summed E-state index contributed by atoms with van der Waals surface area (Å²) in [4.78, 5) is 20.7. The van der Waals surface area contributed by atoms with Crippen molar-refractivity contribution in [3.63, 3.8) is 0 Å². The number of amides is 1. The highest BCUT2D eigenvalue weighted by atomic mass is 32.2. The van der Waals surface area contributed by atoms with Crippen molar-refractivity contribution < 1.29 is 13.2 Å². The highest BCUT2D eigenvalue weighted by molar-refractivity contribution is 7.91. The fraction of sp³-hybridized carbons (Fsp3) is 0.647. The first-order valence-corrected chi connectivity index (χ1v) is 10.5. The lowest BCUT2D eigenvalue weighted by molar-refractivity contribution is 0.0702. The average Bonchev–Trinajstić information content (AvgIpc) is 2.92. The molecule has 1 unspecified atom stereocenters. The van der Waals surface area contributed by atoms with E-state index in [4.69, 9.17) is 0 Å². The number of aromatic nitrogens is 1. The zero-order chi connectivity index (χ0) is 18.4. The molecule has 1 saturated heterocycles. The van der Waals surface area contributed by atoms with Gasteiger partial charge < -0.3 is 15.1 Å². The molecule has 1 N–H and O–H groups in total. The topological polar surface area (TPSA) is 82.6 Å². The lowest BCUT2D eigenvalue weighted by atomic mass is 10.2. The molecule has 1 atom stereocenters. The second kappa shape index (κ2) is 8.62. The van der Waals surface area contributed by atoms with Crippen LogP contribution in [-0.2, 0) is 9.84 Å². The van der Waals surface area contributed by atoms with Crippen molar-refractivity contribution in [1.29, 1.82) is 0 Å². The first kappa shape index (κ1) is 19.7. The normalized spacial score (nSPS) is 19.1. The Labute approximate surface area is 150 Å². The summed E-state index contributed by atoms with van der Waals surface area (Å²) in [5, 5.41) is 3.30. The molecule has 0 saturated carbocycles. The summed E-state index contributed by atoms with van der Waals surface area (Å²) in [5.74, 6) is -0.00115. The molecule has 1 aliphatic heterocycles. The van der Waals surface area contributed by atoms with E-state index in [-0.39, 0.29) is 23.5 Å². The van der Waals surface area contributed by atoms with Gasteiger partial charge in [-0.15, -0.1) is 0 Å². The van der Waals surface area contributed by atoms with Crippen LogP contribution in [0.25, 0.3) is 0 Å². The number of carbonyl (C=O) groups is 1. The molecular formula is C17H28N4O3S. The molecule has 2 heterocycles. The fourth-order valence-corrected chi connectivity index (χ4v) is 4.75. The molecule has 0 aliphatic carbocycles. The number of hydrogen-bond acceptors (Lipinski definition) is 6. The number of nitrogens with zero attached hydrogens (tertiary/aromatic N) is 3. The quantitative estimate of drug-likeness (QED) is 0.692. The van der Waals surface area contributed by atoms with E-state index in [0.29, 0.717) is 18.7 Å². The van der Waals surface area contributed by atoms with Crippen LogP contribution in [0.4, 0.5) is 5.69 Å². The monoisotopic (exact) mass is 368 g/mol. The van der Waals surface area contributed by atoms with E-state index in [1.54, 1.807) is 17.2 Å². The summed E-state index contributed by atoms with van der Waals surface area (Å²) in [7, 11) is 1.04. The number of sulfone groups is 1. The van der Waals surface area contributed by atoms with E-state index in [0.717, 1.165) is 25.2 Å². The maximum absolute atomic E-state index is 12.8. The number of anilines is 1. The van der Waals surface area contributed by atoms with Crippen LogP contribution in [0.5, 0.6) is 0 Å². The van der Waals surface area contributed by atoms with Crippen molar-refractivity contribution in [2.45, 2.75) is 25.8 Å². The van der Waals surface area contributed by atoms with Crippen LogP contribution >= 0.6 is 0 Å². The lowest BCUT2D eigenvalue weighted by Gasteiger charge is -2.26. The van der Waals surface area contributed by atoms with Crippen LogP contribution in [0.15, 0.2) is 18.3 Å². The van der Waals surface area contributed by atoms with Crippen molar-refractivity contribution in [2.75, 3.05) is 50.6 Å². The Morgan fingerprint density at radius 2 is 2.16 bits per heavy atom. The molecule has 1 aromatic rings. The van der Waals surface area contributed by atoms with Gasteiger partial charge in [0.1, 0.15) is 5.69 Å². The molecule has 25 heavy (non-hydrogen) atoms. The van der Waals surface area contributed by atoms with E-state index in [1.807, 2.05) is 27.1 Å². The lowest BCUT2D eigenvalue weighted by Crippen LogP contribution is -2.41. The fourth-order valence-electron chi connectivity index (χ4n) is 3.02. The minimum Gasteiger partial charge on any atom is -0.385 e. The molecule has 0 spiro atoms. The van der Waals surface area contributed by atoms with E-state index in [9.17, 15) is 13.2 Å². The highest BCUT2D eigenvalue weighted by Crippen LogP contribution is 2.20. The predicted octanol–water partition coefficient (Wildman–Crippen LogP) is 1.09. The number of nitrogens with one attached hydrogen (secondary N) is 1. The Hall–Kier alpha value is -1.67. The number of carbonyl (C=O) groups excluding carboxylic acids is 1. The molecule has 140 valence electrons. The molecule has 0 bridgehead atoms. The minimum atomic E-state index is -3.03. The van der Waals surface area contributed by atoms with Crippen LogP contribution in [0.2, 0.25) is 0 Å². The smallest absolute Gasteiger partial charge is 0.272 e. The number of rotatable bonds is 8. The first-order chi connectivity index (χ1) is 11.8. The summed E-state index contributed by atoms with van der Waals surface area (Å²) in [6.45, 7) is 4.14. The van der Waals surface area contributed by atoms with Gasteiger partial charge in [0.05, 0.1) is 11.5 Å². The third kappa shape index (κ3) is 5.67. The summed E-state index contributed by atoms with van der Waals surface area (Å²) < 4.78 is 23.4. The van der Waals surface area contributed by atoms with Gasteiger partial charge >= 0.3 is 0 Å². The van der Waals surface area contributed by atoms with Crippen LogP contribution < -0.4 is 5.32 Å². The third-order valence-electron chi connectivity index (χ3n) is 4.34. The van der Waals surface area contributed by atoms with Gasteiger partial charge in [-0.25, -0.2) is 8.42 Å². The van der Waals surface area contributed by atoms with Gasteiger partial charge in [-0.05, 0) is 52.5 Å². The molecule has 0 aromatic carbocycles. The van der Waals surface area contributed by atoms with Crippen molar-refractivity contribution in [1.82, 2.24) is 14.8 Å². The van der Waals surface area contributed by atoms with E-state index < -0.39 is 9.84 Å². The minimum absolute atomic E-state index is 0.0507. The maximum Gasteiger partial charge on any atom is 0.272 e. The van der Waals surface area contributed by atoms with Gasteiger partial charge in [0.2, 0.25) is 0 Å². The molecule has 1 amide bonds. The summed E-state index contributed by atoms with van der Waals surface area (Å²) in [5.41, 5.74) is 1.20. The molecule has 1 aliphatic rings. The molecule has 0 radical (unpaired) electrons.